The molecule has 7 nitrogen and oxygen atoms in total. The van der Waals surface area contributed by atoms with Gasteiger partial charge in [-0.05, 0) is 37.4 Å². The van der Waals surface area contributed by atoms with Crippen LogP contribution in [0.3, 0.4) is 0 Å². The summed E-state index contributed by atoms with van der Waals surface area (Å²) in [6.07, 6.45) is 1.28. The number of hydrogen-bond acceptors (Lipinski definition) is 5. The maximum absolute atomic E-state index is 12.4. The number of rotatable bonds is 5. The summed E-state index contributed by atoms with van der Waals surface area (Å²) < 4.78 is 5.02. The fraction of sp³-hybridized carbons (Fsp3) is 0.571. The van der Waals surface area contributed by atoms with Crippen LogP contribution in [0.1, 0.15) is 34.3 Å². The van der Waals surface area contributed by atoms with Gasteiger partial charge < -0.3 is 9.64 Å². The van der Waals surface area contributed by atoms with E-state index in [-0.39, 0.29) is 24.3 Å². The van der Waals surface area contributed by atoms with Crippen LogP contribution in [0.4, 0.5) is 0 Å². The van der Waals surface area contributed by atoms with Gasteiger partial charge in [0.25, 0.3) is 5.91 Å². The summed E-state index contributed by atoms with van der Waals surface area (Å²) in [5, 5.41) is 3.49. The van der Waals surface area contributed by atoms with Gasteiger partial charge in [0.15, 0.2) is 0 Å². The highest BCUT2D eigenvalue weighted by atomic mass is 32.1. The second-order valence-corrected chi connectivity index (χ2v) is 6.14. The maximum Gasteiger partial charge on any atom is 0.309 e. The first-order valence-electron chi connectivity index (χ1n) is 7.21. The van der Waals surface area contributed by atoms with E-state index in [0.717, 1.165) is 4.88 Å². The van der Waals surface area contributed by atoms with Gasteiger partial charge in [-0.25, -0.2) is 0 Å². The van der Waals surface area contributed by atoms with Gasteiger partial charge in [0.1, 0.15) is 0 Å². The molecule has 1 amide bonds. The number of piperidine rings is 1. The monoisotopic (exact) mass is 322 g/mol. The highest BCUT2D eigenvalue weighted by molar-refractivity contribution is 7.14. The molecular formula is C14H18N4O3S. The largest absolute Gasteiger partial charge is 0.466 e. The molecule has 22 heavy (non-hydrogen) atoms. The number of esters is 1. The second kappa shape index (κ2) is 7.82. The molecule has 118 valence electrons. The van der Waals surface area contributed by atoms with Crippen molar-refractivity contribution in [3.05, 3.63) is 32.3 Å². The molecule has 0 unspecified atom stereocenters. The van der Waals surface area contributed by atoms with Crippen molar-refractivity contribution in [3.8, 4) is 0 Å². The van der Waals surface area contributed by atoms with E-state index in [2.05, 4.69) is 10.0 Å². The van der Waals surface area contributed by atoms with Crippen molar-refractivity contribution >= 4 is 23.2 Å². The molecule has 1 aromatic rings. The van der Waals surface area contributed by atoms with E-state index in [1.807, 2.05) is 0 Å². The molecule has 1 saturated heterocycles. The van der Waals surface area contributed by atoms with Crippen molar-refractivity contribution in [3.63, 3.8) is 0 Å². The molecule has 0 N–H and O–H groups in total. The molecule has 2 rings (SSSR count). The molecule has 0 radical (unpaired) electrons. The number of ether oxygens (including phenoxy) is 1. The zero-order valence-electron chi connectivity index (χ0n) is 12.4. The number of amides is 1. The quantitative estimate of drug-likeness (QED) is 0.361. The minimum Gasteiger partial charge on any atom is -0.466 e. The van der Waals surface area contributed by atoms with Gasteiger partial charge in [-0.1, -0.05) is 5.11 Å². The van der Waals surface area contributed by atoms with Crippen molar-refractivity contribution in [2.45, 2.75) is 26.3 Å². The van der Waals surface area contributed by atoms with Crippen LogP contribution in [0.5, 0.6) is 0 Å². The van der Waals surface area contributed by atoms with E-state index < -0.39 is 0 Å². The second-order valence-electron chi connectivity index (χ2n) is 4.97. The number of carbonyl (C=O) groups excluding carboxylic acids is 2. The lowest BCUT2D eigenvalue weighted by Crippen LogP contribution is -2.40. The molecule has 2 heterocycles. The Labute approximate surface area is 132 Å². The normalized spacial score (nSPS) is 15.2. The summed E-state index contributed by atoms with van der Waals surface area (Å²) >= 11 is 1.34. The molecule has 0 saturated carbocycles. The Bertz CT molecular complexity index is 587. The van der Waals surface area contributed by atoms with Crippen molar-refractivity contribution in [2.24, 2.45) is 11.0 Å². The van der Waals surface area contributed by atoms with Gasteiger partial charge in [-0.2, -0.15) is 0 Å². The minimum absolute atomic E-state index is 0.0282. The summed E-state index contributed by atoms with van der Waals surface area (Å²) in [7, 11) is 0. The van der Waals surface area contributed by atoms with Crippen LogP contribution in [0.15, 0.2) is 17.2 Å². The molecular weight excluding hydrogens is 304 g/mol. The summed E-state index contributed by atoms with van der Waals surface area (Å²) in [5.41, 5.74) is 8.31. The molecule has 1 aliphatic rings. The molecule has 0 aromatic carbocycles. The average molecular weight is 322 g/mol. The topological polar surface area (TPSA) is 95.4 Å². The average Bonchev–Trinajstić information content (AvgIpc) is 3.01. The lowest BCUT2D eigenvalue weighted by molar-refractivity contribution is -0.149. The van der Waals surface area contributed by atoms with Crippen LogP contribution >= 0.6 is 11.3 Å². The van der Waals surface area contributed by atoms with E-state index >= 15 is 0 Å². The van der Waals surface area contributed by atoms with E-state index in [1.54, 1.807) is 24.0 Å². The van der Waals surface area contributed by atoms with E-state index in [9.17, 15) is 9.59 Å². The predicted molar refractivity (Wildman–Crippen MR) is 82.4 cm³/mol. The first kappa shape index (κ1) is 16.3. The Morgan fingerprint density at radius 1 is 1.45 bits per heavy atom. The molecule has 1 aliphatic heterocycles. The number of nitrogens with zero attached hydrogens (tertiary/aromatic N) is 4. The van der Waals surface area contributed by atoms with Crippen molar-refractivity contribution in [1.82, 2.24) is 4.90 Å². The van der Waals surface area contributed by atoms with Gasteiger partial charge in [-0.3, -0.25) is 9.59 Å². The van der Waals surface area contributed by atoms with Gasteiger partial charge in [0.05, 0.1) is 23.9 Å². The summed E-state index contributed by atoms with van der Waals surface area (Å²) in [4.78, 5) is 30.1. The lowest BCUT2D eigenvalue weighted by Gasteiger charge is -2.30. The Kier molecular flexibility index (Phi) is 5.80. The third kappa shape index (κ3) is 3.99. The summed E-state index contributed by atoms with van der Waals surface area (Å²) in [5.74, 6) is -0.297. The third-order valence-corrected chi connectivity index (χ3v) is 4.62. The van der Waals surface area contributed by atoms with Crippen molar-refractivity contribution in [1.29, 1.82) is 0 Å². The SMILES string of the molecule is CCOC(=O)C1CCN(C(=O)c2ccc(CN=[N+]=[N-])s2)CC1. The lowest BCUT2D eigenvalue weighted by atomic mass is 9.97. The van der Waals surface area contributed by atoms with Crippen LogP contribution < -0.4 is 0 Å². The van der Waals surface area contributed by atoms with Crippen LogP contribution in [0, 0.1) is 5.92 Å². The maximum atomic E-state index is 12.4. The number of thiophene rings is 1. The third-order valence-electron chi connectivity index (χ3n) is 3.56. The number of carbonyl (C=O) groups is 2. The highest BCUT2D eigenvalue weighted by Crippen LogP contribution is 2.24. The predicted octanol–water partition coefficient (Wildman–Crippen LogP) is 2.97. The fourth-order valence-electron chi connectivity index (χ4n) is 2.41. The Balaban J connectivity index is 1.90. The molecule has 0 atom stereocenters. The van der Waals surface area contributed by atoms with Crippen molar-refractivity contribution in [2.75, 3.05) is 19.7 Å². The van der Waals surface area contributed by atoms with Crippen LogP contribution in [0.2, 0.25) is 0 Å². The van der Waals surface area contributed by atoms with E-state index in [1.165, 1.54) is 11.3 Å². The number of azide groups is 1. The first-order valence-corrected chi connectivity index (χ1v) is 8.02. The molecule has 1 fully saturated rings. The molecule has 8 heteroatoms. The minimum atomic E-state index is -0.164. The Morgan fingerprint density at radius 3 is 2.82 bits per heavy atom. The highest BCUT2D eigenvalue weighted by Gasteiger charge is 2.29. The zero-order valence-corrected chi connectivity index (χ0v) is 13.2. The zero-order chi connectivity index (χ0) is 15.9. The smallest absolute Gasteiger partial charge is 0.309 e. The standard InChI is InChI=1S/C14H18N4O3S/c1-2-21-14(20)10-5-7-18(8-6-10)13(19)12-4-3-11(22-12)9-16-17-15/h3-4,10H,2,5-9H2,1H3. The van der Waals surface area contributed by atoms with Crippen LogP contribution in [-0.4, -0.2) is 36.5 Å². The Hall–Kier alpha value is -2.05. The van der Waals surface area contributed by atoms with Gasteiger partial charge >= 0.3 is 5.97 Å². The molecule has 1 aromatic heterocycles. The van der Waals surface area contributed by atoms with Gasteiger partial charge in [-0.15, -0.1) is 11.3 Å². The van der Waals surface area contributed by atoms with Gasteiger partial charge in [0, 0.05) is 22.9 Å². The van der Waals surface area contributed by atoms with E-state index in [4.69, 9.17) is 10.3 Å². The molecule has 0 bridgehead atoms. The first-order chi connectivity index (χ1) is 10.7. The fourth-order valence-corrected chi connectivity index (χ4v) is 3.31. The number of hydrogen-bond donors (Lipinski definition) is 0. The summed E-state index contributed by atoms with van der Waals surface area (Å²) in [6.45, 7) is 3.57. The van der Waals surface area contributed by atoms with Crippen LogP contribution in [-0.2, 0) is 16.1 Å². The summed E-state index contributed by atoms with van der Waals surface area (Å²) in [6, 6.07) is 3.56. The van der Waals surface area contributed by atoms with Crippen molar-refractivity contribution < 1.29 is 14.3 Å². The molecule has 0 spiro atoms. The van der Waals surface area contributed by atoms with Crippen LogP contribution in [0.25, 0.3) is 10.4 Å². The van der Waals surface area contributed by atoms with E-state index in [0.29, 0.717) is 37.4 Å². The Morgan fingerprint density at radius 2 is 2.18 bits per heavy atom. The number of likely N-dealkylation sites (tertiary alicyclic amines) is 1. The van der Waals surface area contributed by atoms with Gasteiger partial charge in [0.2, 0.25) is 0 Å². The molecule has 0 aliphatic carbocycles.